The largest absolute Gasteiger partial charge is 0.455 e. The van der Waals surface area contributed by atoms with Crippen molar-refractivity contribution < 1.29 is 22.7 Å². The third-order valence-corrected chi connectivity index (χ3v) is 6.68. The molecule has 0 aromatic rings. The molecule has 2 rings (SSSR count). The molecule has 0 spiro atoms. The molecule has 138 valence electrons. The molecular weight excluding hydrogens is 332 g/mol. The molecule has 0 radical (unpaired) electrons. The third-order valence-electron chi connectivity index (χ3n) is 5.07. The normalized spacial score (nSPS) is 27.4. The number of ether oxygens (including phenoxy) is 1. The Morgan fingerprint density at radius 1 is 1.12 bits per heavy atom. The molecule has 0 aromatic carbocycles. The van der Waals surface area contributed by atoms with E-state index in [1.165, 1.54) is 0 Å². The van der Waals surface area contributed by atoms with E-state index in [1.54, 1.807) is 16.8 Å². The zero-order chi connectivity index (χ0) is 17.7. The molecule has 1 amide bonds. The van der Waals surface area contributed by atoms with Crippen LogP contribution in [0.2, 0.25) is 0 Å². The smallest absolute Gasteiger partial charge is 0.320 e. The van der Waals surface area contributed by atoms with Gasteiger partial charge in [0, 0.05) is 26.2 Å². The maximum atomic E-state index is 12.2. The van der Waals surface area contributed by atoms with Gasteiger partial charge in [0.2, 0.25) is 0 Å². The second-order valence-corrected chi connectivity index (χ2v) is 9.31. The lowest BCUT2D eigenvalue weighted by Crippen LogP contribution is -2.44. The van der Waals surface area contributed by atoms with Crippen molar-refractivity contribution in [2.45, 2.75) is 38.6 Å². The second kappa shape index (κ2) is 8.29. The number of carbonyl (C=O) groups is 2. The van der Waals surface area contributed by atoms with E-state index in [0.717, 1.165) is 31.6 Å². The van der Waals surface area contributed by atoms with Crippen LogP contribution >= 0.6 is 0 Å². The lowest BCUT2D eigenvalue weighted by molar-refractivity contribution is -0.153. The lowest BCUT2D eigenvalue weighted by Gasteiger charge is -2.33. The number of nitrogens with zero attached hydrogens (tertiary/aromatic N) is 2. The van der Waals surface area contributed by atoms with Gasteiger partial charge in [0.15, 0.2) is 16.4 Å². The maximum Gasteiger partial charge on any atom is 0.320 e. The minimum absolute atomic E-state index is 0.0352. The van der Waals surface area contributed by atoms with E-state index in [9.17, 15) is 18.0 Å². The molecule has 7 nitrogen and oxygen atoms in total. The Bertz CT molecular complexity index is 541. The van der Waals surface area contributed by atoms with Crippen LogP contribution < -0.4 is 0 Å². The molecule has 24 heavy (non-hydrogen) atoms. The first kappa shape index (κ1) is 19.2. The maximum absolute atomic E-state index is 12.2. The third kappa shape index (κ3) is 5.73. The predicted molar refractivity (Wildman–Crippen MR) is 90.2 cm³/mol. The van der Waals surface area contributed by atoms with E-state index in [1.807, 2.05) is 0 Å². The summed E-state index contributed by atoms with van der Waals surface area (Å²) in [5, 5.41) is 0. The highest BCUT2D eigenvalue weighted by molar-refractivity contribution is 7.91. The van der Waals surface area contributed by atoms with Crippen molar-refractivity contribution >= 4 is 21.7 Å². The molecule has 1 saturated heterocycles. The highest BCUT2D eigenvalue weighted by Gasteiger charge is 2.26. The zero-order valence-electron chi connectivity index (χ0n) is 14.6. The first-order chi connectivity index (χ1) is 11.3. The summed E-state index contributed by atoms with van der Waals surface area (Å²) < 4.78 is 27.8. The molecule has 0 N–H and O–H groups in total. The van der Waals surface area contributed by atoms with Crippen LogP contribution in [-0.4, -0.2) is 80.9 Å². The van der Waals surface area contributed by atoms with Gasteiger partial charge in [-0.25, -0.2) is 8.42 Å². The zero-order valence-corrected chi connectivity index (χ0v) is 15.4. The van der Waals surface area contributed by atoms with Crippen molar-refractivity contribution in [3.63, 3.8) is 0 Å². The first-order valence-corrected chi connectivity index (χ1v) is 10.4. The van der Waals surface area contributed by atoms with Crippen LogP contribution in [0.25, 0.3) is 0 Å². The Kier molecular flexibility index (Phi) is 6.62. The van der Waals surface area contributed by atoms with Gasteiger partial charge in [-0.2, -0.15) is 0 Å². The summed E-state index contributed by atoms with van der Waals surface area (Å²) in [4.78, 5) is 27.4. The van der Waals surface area contributed by atoms with E-state index in [2.05, 4.69) is 6.92 Å². The van der Waals surface area contributed by atoms with Crippen LogP contribution in [0, 0.1) is 5.92 Å². The van der Waals surface area contributed by atoms with E-state index < -0.39 is 15.8 Å². The fraction of sp³-hybridized carbons (Fsp3) is 0.875. The standard InChI is InChI=1S/C16H28N2O5S/c1-13-3-5-14(6-4-13)17(2)15(19)12-23-16(20)11-18-7-9-24(21,22)10-8-18/h13-14H,3-12H2,1-2H3. The van der Waals surface area contributed by atoms with Gasteiger partial charge in [-0.15, -0.1) is 0 Å². The number of hydrogen-bond acceptors (Lipinski definition) is 6. The van der Waals surface area contributed by atoms with Gasteiger partial charge in [-0.1, -0.05) is 6.92 Å². The topological polar surface area (TPSA) is 84.0 Å². The molecule has 0 bridgehead atoms. The van der Waals surface area contributed by atoms with Crippen LogP contribution in [-0.2, 0) is 24.2 Å². The van der Waals surface area contributed by atoms with E-state index in [0.29, 0.717) is 13.1 Å². The highest BCUT2D eigenvalue weighted by Crippen LogP contribution is 2.26. The van der Waals surface area contributed by atoms with Crippen LogP contribution in [0.4, 0.5) is 0 Å². The number of sulfone groups is 1. The Balaban J connectivity index is 1.68. The summed E-state index contributed by atoms with van der Waals surface area (Å²) in [6, 6.07) is 0.236. The van der Waals surface area contributed by atoms with Gasteiger partial charge < -0.3 is 9.64 Å². The van der Waals surface area contributed by atoms with Crippen molar-refractivity contribution in [2.75, 3.05) is 44.8 Å². The van der Waals surface area contributed by atoms with Crippen molar-refractivity contribution in [1.82, 2.24) is 9.80 Å². The lowest BCUT2D eigenvalue weighted by atomic mass is 9.87. The van der Waals surface area contributed by atoms with Gasteiger partial charge in [-0.3, -0.25) is 14.5 Å². The average Bonchev–Trinajstić information content (AvgIpc) is 2.54. The molecule has 2 fully saturated rings. The van der Waals surface area contributed by atoms with Crippen molar-refractivity contribution in [3.05, 3.63) is 0 Å². The van der Waals surface area contributed by atoms with Crippen molar-refractivity contribution in [3.8, 4) is 0 Å². The summed E-state index contributed by atoms with van der Waals surface area (Å²) in [5.41, 5.74) is 0. The van der Waals surface area contributed by atoms with Crippen LogP contribution in [0.15, 0.2) is 0 Å². The van der Waals surface area contributed by atoms with Gasteiger partial charge >= 0.3 is 5.97 Å². The van der Waals surface area contributed by atoms with Crippen molar-refractivity contribution in [1.29, 1.82) is 0 Å². The predicted octanol–water partition coefficient (Wildman–Crippen LogP) is 0.297. The van der Waals surface area contributed by atoms with Crippen LogP contribution in [0.3, 0.4) is 0 Å². The summed E-state index contributed by atoms with van der Waals surface area (Å²) in [6.07, 6.45) is 4.25. The highest BCUT2D eigenvalue weighted by atomic mass is 32.2. The van der Waals surface area contributed by atoms with Crippen LogP contribution in [0.1, 0.15) is 32.6 Å². The summed E-state index contributed by atoms with van der Waals surface area (Å²) >= 11 is 0. The number of likely N-dealkylation sites (N-methyl/N-ethyl adjacent to an activating group) is 1. The fourth-order valence-electron chi connectivity index (χ4n) is 3.21. The Morgan fingerprint density at radius 2 is 1.71 bits per heavy atom. The minimum Gasteiger partial charge on any atom is -0.455 e. The quantitative estimate of drug-likeness (QED) is 0.656. The Morgan fingerprint density at radius 3 is 2.29 bits per heavy atom. The van der Waals surface area contributed by atoms with E-state index in [4.69, 9.17) is 4.74 Å². The number of amides is 1. The fourth-order valence-corrected chi connectivity index (χ4v) is 4.49. The molecule has 2 aliphatic rings. The van der Waals surface area contributed by atoms with Gasteiger partial charge in [-0.05, 0) is 31.6 Å². The number of carbonyl (C=O) groups excluding carboxylic acids is 2. The molecule has 0 unspecified atom stereocenters. The molecule has 1 aliphatic heterocycles. The Labute approximate surface area is 144 Å². The molecule has 8 heteroatoms. The average molecular weight is 360 g/mol. The summed E-state index contributed by atoms with van der Waals surface area (Å²) in [6.45, 7) is 2.70. The van der Waals surface area contributed by atoms with Gasteiger partial charge in [0.25, 0.3) is 5.91 Å². The van der Waals surface area contributed by atoms with E-state index >= 15 is 0 Å². The van der Waals surface area contributed by atoms with Crippen LogP contribution in [0.5, 0.6) is 0 Å². The van der Waals surface area contributed by atoms with E-state index in [-0.39, 0.29) is 36.6 Å². The Hall–Kier alpha value is -1.15. The monoisotopic (exact) mass is 360 g/mol. The number of hydrogen-bond donors (Lipinski definition) is 0. The SMILES string of the molecule is CC1CCC(N(C)C(=O)COC(=O)CN2CCS(=O)(=O)CC2)CC1. The molecular formula is C16H28N2O5S. The molecule has 1 aliphatic carbocycles. The van der Waals surface area contributed by atoms with Gasteiger partial charge in [0.05, 0.1) is 18.1 Å². The molecule has 1 saturated carbocycles. The minimum atomic E-state index is -2.96. The van der Waals surface area contributed by atoms with Gasteiger partial charge in [0.1, 0.15) is 0 Å². The van der Waals surface area contributed by atoms with Crippen molar-refractivity contribution in [2.24, 2.45) is 5.92 Å². The molecule has 1 heterocycles. The molecule has 0 atom stereocenters. The summed E-state index contributed by atoms with van der Waals surface area (Å²) in [5.74, 6) is 0.206. The number of rotatable bonds is 5. The number of esters is 1. The molecule has 0 aromatic heterocycles. The first-order valence-electron chi connectivity index (χ1n) is 8.61. The second-order valence-electron chi connectivity index (χ2n) is 7.01. The summed E-state index contributed by atoms with van der Waals surface area (Å²) in [7, 11) is -1.19.